The number of rotatable bonds is 6. The van der Waals surface area contributed by atoms with Crippen molar-refractivity contribution in [2.24, 2.45) is 0 Å². The van der Waals surface area contributed by atoms with Gasteiger partial charge in [-0.1, -0.05) is 19.1 Å². The Morgan fingerprint density at radius 1 is 1.10 bits per heavy atom. The number of benzene rings is 2. The Balaban J connectivity index is 2.31. The first-order valence-electron chi connectivity index (χ1n) is 7.11. The van der Waals surface area contributed by atoms with Crippen LogP contribution in [0.2, 0.25) is 0 Å². The number of hydrogen-bond donors (Lipinski definition) is 1. The first-order chi connectivity index (χ1) is 10.1. The van der Waals surface area contributed by atoms with E-state index in [9.17, 15) is 8.78 Å². The molecule has 0 aromatic heterocycles. The van der Waals surface area contributed by atoms with E-state index in [1.54, 1.807) is 23.1 Å². The maximum Gasteiger partial charge on any atom is 0.129 e. The molecule has 0 saturated heterocycles. The molecule has 0 radical (unpaired) electrons. The van der Waals surface area contributed by atoms with Gasteiger partial charge < -0.3 is 10.2 Å². The molecule has 0 bridgehead atoms. The zero-order valence-corrected chi connectivity index (χ0v) is 12.4. The van der Waals surface area contributed by atoms with Crippen molar-refractivity contribution in [2.45, 2.75) is 19.9 Å². The second-order valence-electron chi connectivity index (χ2n) is 4.95. The van der Waals surface area contributed by atoms with Gasteiger partial charge in [-0.25, -0.2) is 8.78 Å². The average Bonchev–Trinajstić information content (AvgIpc) is 2.48. The third kappa shape index (κ3) is 3.79. The van der Waals surface area contributed by atoms with E-state index < -0.39 is 0 Å². The Morgan fingerprint density at radius 3 is 2.57 bits per heavy atom. The van der Waals surface area contributed by atoms with Crippen molar-refractivity contribution < 1.29 is 8.78 Å². The van der Waals surface area contributed by atoms with Gasteiger partial charge in [-0.2, -0.15) is 0 Å². The van der Waals surface area contributed by atoms with Crippen LogP contribution in [0.4, 0.5) is 20.2 Å². The van der Waals surface area contributed by atoms with Gasteiger partial charge in [0.25, 0.3) is 0 Å². The predicted molar refractivity (Wildman–Crippen MR) is 82.9 cm³/mol. The summed E-state index contributed by atoms with van der Waals surface area (Å²) in [4.78, 5) is 1.80. The van der Waals surface area contributed by atoms with E-state index in [0.29, 0.717) is 17.8 Å². The standard InChI is InChI=1S/C17H20F2N2/c1-3-10-20-12-15-16(19)8-5-9-17(15)21(2)14-7-4-6-13(18)11-14/h4-9,11,20H,3,10,12H2,1-2H3. The number of nitrogens with one attached hydrogen (secondary N) is 1. The van der Waals surface area contributed by atoms with Crippen LogP contribution in [0.1, 0.15) is 18.9 Å². The van der Waals surface area contributed by atoms with Gasteiger partial charge in [-0.05, 0) is 43.3 Å². The van der Waals surface area contributed by atoms with Crippen LogP contribution in [0.25, 0.3) is 0 Å². The van der Waals surface area contributed by atoms with Gasteiger partial charge in [0.05, 0.1) is 0 Å². The van der Waals surface area contributed by atoms with E-state index in [-0.39, 0.29) is 11.6 Å². The Kier molecular flexibility index (Phi) is 5.28. The summed E-state index contributed by atoms with van der Waals surface area (Å²) in [5, 5.41) is 3.21. The summed E-state index contributed by atoms with van der Waals surface area (Å²) in [5.74, 6) is -0.555. The molecule has 2 nitrogen and oxygen atoms in total. The van der Waals surface area contributed by atoms with E-state index >= 15 is 0 Å². The zero-order valence-electron chi connectivity index (χ0n) is 12.4. The lowest BCUT2D eigenvalue weighted by Crippen LogP contribution is -2.19. The molecular formula is C17H20F2N2. The lowest BCUT2D eigenvalue weighted by atomic mass is 10.1. The molecule has 2 aromatic carbocycles. The van der Waals surface area contributed by atoms with Gasteiger partial charge in [0.15, 0.2) is 0 Å². The Hall–Kier alpha value is -1.94. The molecule has 0 aliphatic heterocycles. The van der Waals surface area contributed by atoms with E-state index in [1.165, 1.54) is 18.2 Å². The van der Waals surface area contributed by atoms with E-state index in [4.69, 9.17) is 0 Å². The van der Waals surface area contributed by atoms with Crippen LogP contribution < -0.4 is 10.2 Å². The van der Waals surface area contributed by atoms with Crippen LogP contribution in [0, 0.1) is 11.6 Å². The van der Waals surface area contributed by atoms with Crippen LogP contribution in [-0.4, -0.2) is 13.6 Å². The second kappa shape index (κ2) is 7.18. The fourth-order valence-electron chi connectivity index (χ4n) is 2.25. The molecule has 0 spiro atoms. The normalized spacial score (nSPS) is 10.7. The smallest absolute Gasteiger partial charge is 0.129 e. The molecule has 0 saturated carbocycles. The van der Waals surface area contributed by atoms with Gasteiger partial charge in [-0.15, -0.1) is 0 Å². The number of hydrogen-bond acceptors (Lipinski definition) is 2. The van der Waals surface area contributed by atoms with E-state index in [2.05, 4.69) is 12.2 Å². The fraction of sp³-hybridized carbons (Fsp3) is 0.294. The van der Waals surface area contributed by atoms with Crippen molar-refractivity contribution in [1.29, 1.82) is 0 Å². The summed E-state index contributed by atoms with van der Waals surface area (Å²) < 4.78 is 27.5. The van der Waals surface area contributed by atoms with Crippen LogP contribution >= 0.6 is 0 Å². The molecule has 2 rings (SSSR count). The quantitative estimate of drug-likeness (QED) is 0.801. The summed E-state index contributed by atoms with van der Waals surface area (Å²) in [7, 11) is 1.81. The Morgan fingerprint density at radius 2 is 1.86 bits per heavy atom. The molecule has 0 heterocycles. The minimum atomic E-state index is -0.304. The van der Waals surface area contributed by atoms with Crippen molar-refractivity contribution >= 4 is 11.4 Å². The molecule has 1 N–H and O–H groups in total. The lowest BCUT2D eigenvalue weighted by molar-refractivity contribution is 0.586. The molecule has 2 aromatic rings. The predicted octanol–water partition coefficient (Wildman–Crippen LogP) is 4.23. The molecule has 112 valence electrons. The largest absolute Gasteiger partial charge is 0.344 e. The molecule has 0 amide bonds. The van der Waals surface area contributed by atoms with Crippen molar-refractivity contribution in [3.63, 3.8) is 0 Å². The van der Waals surface area contributed by atoms with Gasteiger partial charge in [0.1, 0.15) is 11.6 Å². The molecule has 0 fully saturated rings. The SMILES string of the molecule is CCCNCc1c(F)cccc1N(C)c1cccc(F)c1. The fourth-order valence-corrected chi connectivity index (χ4v) is 2.25. The Labute approximate surface area is 124 Å². The number of halogens is 2. The summed E-state index contributed by atoms with van der Waals surface area (Å²) in [6.45, 7) is 3.35. The summed E-state index contributed by atoms with van der Waals surface area (Å²) >= 11 is 0. The van der Waals surface area contributed by atoms with E-state index in [1.807, 2.05) is 13.1 Å². The highest BCUT2D eigenvalue weighted by Gasteiger charge is 2.13. The summed E-state index contributed by atoms with van der Waals surface area (Å²) in [5.41, 5.74) is 2.03. The van der Waals surface area contributed by atoms with Gasteiger partial charge in [0, 0.05) is 30.5 Å². The average molecular weight is 290 g/mol. The molecular weight excluding hydrogens is 270 g/mol. The van der Waals surface area contributed by atoms with Gasteiger partial charge >= 0.3 is 0 Å². The highest BCUT2D eigenvalue weighted by molar-refractivity contribution is 5.66. The molecule has 0 unspecified atom stereocenters. The highest BCUT2D eigenvalue weighted by Crippen LogP contribution is 2.29. The first-order valence-corrected chi connectivity index (χ1v) is 7.11. The number of anilines is 2. The molecule has 0 aliphatic carbocycles. The third-order valence-corrected chi connectivity index (χ3v) is 3.38. The van der Waals surface area contributed by atoms with Crippen molar-refractivity contribution in [2.75, 3.05) is 18.5 Å². The van der Waals surface area contributed by atoms with Crippen molar-refractivity contribution in [3.8, 4) is 0 Å². The monoisotopic (exact) mass is 290 g/mol. The van der Waals surface area contributed by atoms with Crippen molar-refractivity contribution in [1.82, 2.24) is 5.32 Å². The minimum Gasteiger partial charge on any atom is -0.344 e. The summed E-state index contributed by atoms with van der Waals surface area (Å²) in [6, 6.07) is 11.3. The van der Waals surface area contributed by atoms with Crippen LogP contribution in [-0.2, 0) is 6.54 Å². The van der Waals surface area contributed by atoms with Crippen LogP contribution in [0.15, 0.2) is 42.5 Å². The van der Waals surface area contributed by atoms with Crippen LogP contribution in [0.5, 0.6) is 0 Å². The summed E-state index contributed by atoms with van der Waals surface area (Å²) in [6.07, 6.45) is 0.990. The maximum atomic E-state index is 14.1. The molecule has 0 atom stereocenters. The first kappa shape index (κ1) is 15.4. The van der Waals surface area contributed by atoms with Gasteiger partial charge in [-0.3, -0.25) is 0 Å². The molecule has 0 aliphatic rings. The van der Waals surface area contributed by atoms with Crippen molar-refractivity contribution in [3.05, 3.63) is 59.7 Å². The van der Waals surface area contributed by atoms with Crippen LogP contribution in [0.3, 0.4) is 0 Å². The highest BCUT2D eigenvalue weighted by atomic mass is 19.1. The molecule has 4 heteroatoms. The second-order valence-corrected chi connectivity index (χ2v) is 4.95. The van der Waals surface area contributed by atoms with E-state index in [0.717, 1.165) is 18.7 Å². The zero-order chi connectivity index (χ0) is 15.2. The van der Waals surface area contributed by atoms with Gasteiger partial charge in [0.2, 0.25) is 0 Å². The topological polar surface area (TPSA) is 15.3 Å². The maximum absolute atomic E-state index is 14.1. The Bertz CT molecular complexity index is 599. The molecule has 21 heavy (non-hydrogen) atoms. The number of nitrogens with zero attached hydrogens (tertiary/aromatic N) is 1. The lowest BCUT2D eigenvalue weighted by Gasteiger charge is -2.23. The minimum absolute atomic E-state index is 0.251. The third-order valence-electron chi connectivity index (χ3n) is 3.38.